The molecular weight excluding hydrogens is 297 g/mol. The number of carbonyl (C=O) groups is 1. The van der Waals surface area contributed by atoms with Crippen LogP contribution in [0.2, 0.25) is 0 Å². The lowest BCUT2D eigenvalue weighted by Crippen LogP contribution is -2.00. The van der Waals surface area contributed by atoms with E-state index in [1.54, 1.807) is 48.5 Å². The number of ether oxygens (including phenoxy) is 1. The molecule has 1 aromatic heterocycles. The first-order valence-electron chi connectivity index (χ1n) is 6.86. The Kier molecular flexibility index (Phi) is 4.01. The number of hydrogen-bond acceptors (Lipinski definition) is 3. The highest BCUT2D eigenvalue weighted by Crippen LogP contribution is 2.25. The number of rotatable bonds is 4. The Hall–Kier alpha value is -3.21. The summed E-state index contributed by atoms with van der Waals surface area (Å²) in [6.07, 6.45) is 0. The van der Waals surface area contributed by atoms with E-state index in [2.05, 4.69) is 4.98 Å². The van der Waals surface area contributed by atoms with E-state index in [1.807, 2.05) is 0 Å². The van der Waals surface area contributed by atoms with Gasteiger partial charge < -0.3 is 9.84 Å². The zero-order valence-corrected chi connectivity index (χ0v) is 11.9. The second-order valence-electron chi connectivity index (χ2n) is 4.79. The third kappa shape index (κ3) is 3.52. The lowest BCUT2D eigenvalue weighted by molar-refractivity contribution is 0.0690. The minimum atomic E-state index is -1.07. The molecule has 0 saturated heterocycles. The number of carboxylic acids is 1. The molecule has 0 atom stereocenters. The molecule has 0 radical (unpaired) electrons. The van der Waals surface area contributed by atoms with Crippen molar-refractivity contribution in [1.82, 2.24) is 4.98 Å². The van der Waals surface area contributed by atoms with E-state index < -0.39 is 5.97 Å². The lowest BCUT2D eigenvalue weighted by atomic mass is 10.1. The monoisotopic (exact) mass is 309 g/mol. The van der Waals surface area contributed by atoms with Crippen LogP contribution < -0.4 is 4.74 Å². The molecule has 23 heavy (non-hydrogen) atoms. The van der Waals surface area contributed by atoms with Crippen LogP contribution in [0.15, 0.2) is 66.7 Å². The van der Waals surface area contributed by atoms with Crippen molar-refractivity contribution in [2.75, 3.05) is 0 Å². The molecule has 0 aliphatic rings. The van der Waals surface area contributed by atoms with Crippen molar-refractivity contribution < 1.29 is 19.0 Å². The molecule has 3 rings (SSSR count). The molecule has 2 aromatic carbocycles. The maximum absolute atomic E-state index is 12.9. The van der Waals surface area contributed by atoms with Crippen LogP contribution in [0, 0.1) is 5.82 Å². The normalized spacial score (nSPS) is 10.3. The number of hydrogen-bond donors (Lipinski definition) is 1. The SMILES string of the molecule is O=C(O)c1cccc(-c2ccc(Oc3ccc(F)cc3)cc2)n1. The maximum Gasteiger partial charge on any atom is 0.354 e. The molecule has 0 fully saturated rings. The van der Waals surface area contributed by atoms with Crippen molar-refractivity contribution in [1.29, 1.82) is 0 Å². The zero-order valence-electron chi connectivity index (χ0n) is 11.9. The molecule has 0 aliphatic heterocycles. The van der Waals surface area contributed by atoms with Crippen molar-refractivity contribution in [2.24, 2.45) is 0 Å². The van der Waals surface area contributed by atoms with Gasteiger partial charge in [0.2, 0.25) is 0 Å². The smallest absolute Gasteiger partial charge is 0.354 e. The fourth-order valence-electron chi connectivity index (χ4n) is 2.05. The van der Waals surface area contributed by atoms with Gasteiger partial charge in [0.1, 0.15) is 23.0 Å². The van der Waals surface area contributed by atoms with E-state index in [1.165, 1.54) is 18.2 Å². The van der Waals surface area contributed by atoms with Gasteiger partial charge in [-0.3, -0.25) is 0 Å². The number of aromatic carboxylic acids is 1. The predicted octanol–water partition coefficient (Wildman–Crippen LogP) is 4.38. The van der Waals surface area contributed by atoms with Crippen LogP contribution in [-0.4, -0.2) is 16.1 Å². The van der Waals surface area contributed by atoms with Gasteiger partial charge in [-0.05, 0) is 60.7 Å². The minimum absolute atomic E-state index is 0.00543. The number of aromatic nitrogens is 1. The van der Waals surface area contributed by atoms with Gasteiger partial charge >= 0.3 is 5.97 Å². The molecule has 0 unspecified atom stereocenters. The first kappa shape index (κ1) is 14.7. The predicted molar refractivity (Wildman–Crippen MR) is 83.1 cm³/mol. The van der Waals surface area contributed by atoms with E-state index in [0.29, 0.717) is 17.2 Å². The average molecular weight is 309 g/mol. The summed E-state index contributed by atoms with van der Waals surface area (Å²) in [6.45, 7) is 0. The lowest BCUT2D eigenvalue weighted by Gasteiger charge is -2.07. The van der Waals surface area contributed by atoms with Gasteiger partial charge in [-0.1, -0.05) is 6.07 Å². The Morgan fingerprint density at radius 2 is 1.52 bits per heavy atom. The van der Waals surface area contributed by atoms with Crippen molar-refractivity contribution in [3.8, 4) is 22.8 Å². The summed E-state index contributed by atoms with van der Waals surface area (Å²) in [7, 11) is 0. The van der Waals surface area contributed by atoms with Gasteiger partial charge in [-0.25, -0.2) is 14.2 Å². The Morgan fingerprint density at radius 3 is 2.13 bits per heavy atom. The van der Waals surface area contributed by atoms with Crippen LogP contribution in [0.1, 0.15) is 10.5 Å². The standard InChI is InChI=1S/C18H12FNO3/c19-13-6-10-15(11-7-13)23-14-8-4-12(5-9-14)16-2-1-3-17(20-16)18(21)22/h1-11H,(H,21,22). The van der Waals surface area contributed by atoms with Gasteiger partial charge in [0.25, 0.3) is 0 Å². The first-order chi connectivity index (χ1) is 11.1. The molecule has 0 amide bonds. The van der Waals surface area contributed by atoms with E-state index in [4.69, 9.17) is 9.84 Å². The average Bonchev–Trinajstić information content (AvgIpc) is 2.58. The highest BCUT2D eigenvalue weighted by molar-refractivity contribution is 5.86. The summed E-state index contributed by atoms with van der Waals surface area (Å²) in [5, 5.41) is 8.97. The summed E-state index contributed by atoms with van der Waals surface area (Å²) in [4.78, 5) is 15.0. The van der Waals surface area contributed by atoms with Crippen LogP contribution in [0.3, 0.4) is 0 Å². The molecular formula is C18H12FNO3. The molecule has 5 heteroatoms. The molecule has 0 aliphatic carbocycles. The Balaban J connectivity index is 1.80. The quantitative estimate of drug-likeness (QED) is 0.777. The van der Waals surface area contributed by atoms with Crippen LogP contribution in [0.4, 0.5) is 4.39 Å². The highest BCUT2D eigenvalue weighted by Gasteiger charge is 2.07. The fraction of sp³-hybridized carbons (Fsp3) is 0. The third-order valence-electron chi connectivity index (χ3n) is 3.17. The van der Waals surface area contributed by atoms with Crippen LogP contribution in [0.5, 0.6) is 11.5 Å². The van der Waals surface area contributed by atoms with Gasteiger partial charge in [-0.2, -0.15) is 0 Å². The summed E-state index contributed by atoms with van der Waals surface area (Å²) in [6, 6.07) is 17.6. The van der Waals surface area contributed by atoms with Crippen LogP contribution in [-0.2, 0) is 0 Å². The number of nitrogens with zero attached hydrogens (tertiary/aromatic N) is 1. The second kappa shape index (κ2) is 6.27. The molecule has 0 bridgehead atoms. The number of benzene rings is 2. The molecule has 1 heterocycles. The molecule has 4 nitrogen and oxygen atoms in total. The van der Waals surface area contributed by atoms with Gasteiger partial charge in [0.15, 0.2) is 0 Å². The molecule has 0 spiro atoms. The van der Waals surface area contributed by atoms with E-state index in [0.717, 1.165) is 5.56 Å². The Morgan fingerprint density at radius 1 is 0.913 bits per heavy atom. The maximum atomic E-state index is 12.9. The van der Waals surface area contributed by atoms with Gasteiger partial charge in [-0.15, -0.1) is 0 Å². The summed E-state index contributed by atoms with van der Waals surface area (Å²) in [5.74, 6) is -0.264. The van der Waals surface area contributed by atoms with Crippen LogP contribution in [0.25, 0.3) is 11.3 Å². The zero-order chi connectivity index (χ0) is 16.2. The van der Waals surface area contributed by atoms with E-state index >= 15 is 0 Å². The second-order valence-corrected chi connectivity index (χ2v) is 4.79. The van der Waals surface area contributed by atoms with Gasteiger partial charge in [0.05, 0.1) is 5.69 Å². The number of pyridine rings is 1. The number of halogens is 1. The Bertz CT molecular complexity index is 830. The molecule has 0 saturated carbocycles. The third-order valence-corrected chi connectivity index (χ3v) is 3.17. The van der Waals surface area contributed by atoms with E-state index in [-0.39, 0.29) is 11.5 Å². The highest BCUT2D eigenvalue weighted by atomic mass is 19.1. The summed E-state index contributed by atoms with van der Waals surface area (Å²) >= 11 is 0. The molecule has 3 aromatic rings. The van der Waals surface area contributed by atoms with Crippen molar-refractivity contribution in [2.45, 2.75) is 0 Å². The van der Waals surface area contributed by atoms with Crippen molar-refractivity contribution in [3.63, 3.8) is 0 Å². The molecule has 114 valence electrons. The summed E-state index contributed by atoms with van der Waals surface area (Å²) in [5.41, 5.74) is 1.34. The van der Waals surface area contributed by atoms with Crippen molar-refractivity contribution >= 4 is 5.97 Å². The summed E-state index contributed by atoms with van der Waals surface area (Å²) < 4.78 is 18.5. The fourth-order valence-corrected chi connectivity index (χ4v) is 2.05. The minimum Gasteiger partial charge on any atom is -0.477 e. The topological polar surface area (TPSA) is 59.4 Å². The molecule has 1 N–H and O–H groups in total. The van der Waals surface area contributed by atoms with Crippen LogP contribution >= 0.6 is 0 Å². The first-order valence-corrected chi connectivity index (χ1v) is 6.86. The largest absolute Gasteiger partial charge is 0.477 e. The van der Waals surface area contributed by atoms with E-state index in [9.17, 15) is 9.18 Å². The van der Waals surface area contributed by atoms with Gasteiger partial charge in [0, 0.05) is 5.56 Å². The van der Waals surface area contributed by atoms with Crippen molar-refractivity contribution in [3.05, 3.63) is 78.2 Å². The number of carboxylic acid groups (broad SMARTS) is 1. The Labute approximate surface area is 131 Å².